The van der Waals surface area contributed by atoms with E-state index in [1.165, 1.54) is 0 Å². The lowest BCUT2D eigenvalue weighted by molar-refractivity contribution is -0.0491. The molecular weight excluding hydrogens is 332 g/mol. The molecule has 10 heteroatoms. The van der Waals surface area contributed by atoms with Crippen LogP contribution in [0.2, 0.25) is 0 Å². The first-order chi connectivity index (χ1) is 11.6. The second kappa shape index (κ2) is 7.19. The van der Waals surface area contributed by atoms with E-state index in [1.807, 2.05) is 6.92 Å². The molecule has 4 atom stereocenters. The van der Waals surface area contributed by atoms with E-state index < -0.39 is 18.4 Å². The van der Waals surface area contributed by atoms with Crippen LogP contribution in [0.15, 0.2) is 11.4 Å². The molecule has 0 aromatic carbocycles. The molecule has 1 saturated heterocycles. The highest BCUT2D eigenvalue weighted by molar-refractivity contribution is 7.80. The third kappa shape index (κ3) is 3.07. The van der Waals surface area contributed by atoms with Crippen molar-refractivity contribution in [1.82, 2.24) is 19.5 Å². The van der Waals surface area contributed by atoms with Crippen LogP contribution in [0.3, 0.4) is 0 Å². The van der Waals surface area contributed by atoms with Gasteiger partial charge in [0.25, 0.3) is 0 Å². The molecule has 24 heavy (non-hydrogen) atoms. The number of nitrogens with two attached hydrogens (primary N) is 1. The molecule has 1 aliphatic rings. The zero-order valence-corrected chi connectivity index (χ0v) is 14.2. The molecule has 2 aromatic heterocycles. The molecule has 0 aliphatic carbocycles. The number of fused-ring (bicyclic) bond motifs is 1. The highest BCUT2D eigenvalue weighted by atomic mass is 32.1. The van der Waals surface area contributed by atoms with Crippen molar-refractivity contribution in [1.29, 1.82) is 0 Å². The number of aliphatic hydroxyl groups excluding tert-OH is 2. The van der Waals surface area contributed by atoms with Gasteiger partial charge in [-0.25, -0.2) is 9.97 Å². The third-order valence-electron chi connectivity index (χ3n) is 4.25. The van der Waals surface area contributed by atoms with Crippen LogP contribution in [-0.2, 0) is 4.74 Å². The van der Waals surface area contributed by atoms with Crippen molar-refractivity contribution in [3.63, 3.8) is 0 Å². The fourth-order valence-corrected chi connectivity index (χ4v) is 3.02. The second-order valence-electron chi connectivity index (χ2n) is 5.86. The first kappa shape index (κ1) is 17.4. The molecule has 9 nitrogen and oxygen atoms in total. The molecule has 0 amide bonds. The van der Waals surface area contributed by atoms with E-state index in [-0.39, 0.29) is 12.5 Å². The Morgan fingerprint density at radius 3 is 2.92 bits per heavy atom. The summed E-state index contributed by atoms with van der Waals surface area (Å²) in [5.41, 5.74) is 6.52. The van der Waals surface area contributed by atoms with Crippen molar-refractivity contribution in [2.45, 2.75) is 36.8 Å². The Morgan fingerprint density at radius 1 is 1.46 bits per heavy atom. The van der Waals surface area contributed by atoms with Gasteiger partial charge in [0.05, 0.1) is 19.0 Å². The number of thiol groups is 1. The molecule has 1 aliphatic heterocycles. The number of anilines is 1. The lowest BCUT2D eigenvalue weighted by Gasteiger charge is -2.17. The lowest BCUT2D eigenvalue weighted by Crippen LogP contribution is -2.25. The van der Waals surface area contributed by atoms with E-state index >= 15 is 0 Å². The van der Waals surface area contributed by atoms with Gasteiger partial charge < -0.3 is 26.0 Å². The maximum atomic E-state index is 10.4. The molecule has 3 rings (SSSR count). The van der Waals surface area contributed by atoms with Crippen LogP contribution < -0.4 is 11.1 Å². The number of nitrogens with zero attached hydrogens (tertiary/aromatic N) is 4. The van der Waals surface area contributed by atoms with Gasteiger partial charge in [-0.15, -0.1) is 12.6 Å². The lowest BCUT2D eigenvalue weighted by atomic mass is 10.0. The SMILES string of the molecule is CC1C(O)[C@H](n2cnc3c(S)nc(NCCCN)nc32)O[C@@H]1CO. The molecule has 132 valence electrons. The van der Waals surface area contributed by atoms with E-state index in [1.54, 1.807) is 10.9 Å². The molecule has 0 bridgehead atoms. The summed E-state index contributed by atoms with van der Waals surface area (Å²) in [5, 5.41) is 23.3. The number of nitrogens with one attached hydrogen (secondary N) is 1. The average molecular weight is 354 g/mol. The van der Waals surface area contributed by atoms with Crippen molar-refractivity contribution in [2.75, 3.05) is 25.0 Å². The number of rotatable bonds is 6. The summed E-state index contributed by atoms with van der Waals surface area (Å²) in [4.78, 5) is 13.0. The molecule has 2 aromatic rings. The zero-order chi connectivity index (χ0) is 17.3. The molecule has 0 spiro atoms. The Hall–Kier alpha value is -1.46. The summed E-state index contributed by atoms with van der Waals surface area (Å²) in [5.74, 6) is 0.221. The van der Waals surface area contributed by atoms with Gasteiger partial charge in [-0.05, 0) is 13.0 Å². The summed E-state index contributed by atoms with van der Waals surface area (Å²) < 4.78 is 7.42. The zero-order valence-electron chi connectivity index (χ0n) is 13.3. The maximum Gasteiger partial charge on any atom is 0.225 e. The van der Waals surface area contributed by atoms with Crippen LogP contribution in [0, 0.1) is 5.92 Å². The monoisotopic (exact) mass is 354 g/mol. The van der Waals surface area contributed by atoms with Crippen molar-refractivity contribution in [3.05, 3.63) is 6.33 Å². The summed E-state index contributed by atoms with van der Waals surface area (Å²) >= 11 is 4.36. The average Bonchev–Trinajstić information content (AvgIpc) is 3.10. The van der Waals surface area contributed by atoms with Gasteiger partial charge in [-0.1, -0.05) is 6.92 Å². The third-order valence-corrected chi connectivity index (χ3v) is 4.56. The van der Waals surface area contributed by atoms with E-state index in [9.17, 15) is 10.2 Å². The Bertz CT molecular complexity index is 711. The minimum Gasteiger partial charge on any atom is -0.394 e. The largest absolute Gasteiger partial charge is 0.394 e. The van der Waals surface area contributed by atoms with E-state index in [0.29, 0.717) is 35.2 Å². The van der Waals surface area contributed by atoms with Crippen LogP contribution in [0.5, 0.6) is 0 Å². The Labute approximate surface area is 144 Å². The first-order valence-corrected chi connectivity index (χ1v) is 8.33. The molecule has 0 radical (unpaired) electrons. The Morgan fingerprint density at radius 2 is 2.25 bits per heavy atom. The molecule has 3 heterocycles. The predicted octanol–water partition coefficient (Wildman–Crippen LogP) is -0.238. The summed E-state index contributed by atoms with van der Waals surface area (Å²) in [6.45, 7) is 2.91. The minimum atomic E-state index is -0.772. The summed E-state index contributed by atoms with van der Waals surface area (Å²) in [6.07, 6.45) is 0.473. The van der Waals surface area contributed by atoms with Crippen LogP contribution in [0.1, 0.15) is 19.6 Å². The second-order valence-corrected chi connectivity index (χ2v) is 6.28. The van der Waals surface area contributed by atoms with Gasteiger partial charge in [0.1, 0.15) is 16.6 Å². The van der Waals surface area contributed by atoms with Gasteiger partial charge in [-0.2, -0.15) is 4.98 Å². The standard InChI is InChI=1S/C14H22N6O3S/c1-7-8(5-21)23-13(10(7)22)20-6-17-9-11(20)18-14(19-12(9)24)16-4-2-3-15/h6-8,10,13,21-22H,2-5,15H2,1H3,(H2,16,18,19,24)/t7?,8-,10?,13-/m1/s1. The molecular formula is C14H22N6O3S. The maximum absolute atomic E-state index is 10.4. The van der Waals surface area contributed by atoms with Gasteiger partial charge in [0.15, 0.2) is 11.9 Å². The fraction of sp³-hybridized carbons (Fsp3) is 0.643. The minimum absolute atomic E-state index is 0.153. The topological polar surface area (TPSA) is 131 Å². The highest BCUT2D eigenvalue weighted by Crippen LogP contribution is 2.35. The molecule has 1 fully saturated rings. The summed E-state index contributed by atoms with van der Waals surface area (Å²) in [6, 6.07) is 0. The highest BCUT2D eigenvalue weighted by Gasteiger charge is 2.42. The van der Waals surface area contributed by atoms with Crippen LogP contribution in [0.4, 0.5) is 5.95 Å². The number of aromatic nitrogens is 4. The fourth-order valence-electron chi connectivity index (χ4n) is 2.77. The predicted molar refractivity (Wildman–Crippen MR) is 90.9 cm³/mol. The smallest absolute Gasteiger partial charge is 0.225 e. The van der Waals surface area contributed by atoms with Gasteiger partial charge in [0, 0.05) is 12.5 Å². The van der Waals surface area contributed by atoms with Crippen LogP contribution in [0.25, 0.3) is 11.2 Å². The molecule has 5 N–H and O–H groups in total. The van der Waals surface area contributed by atoms with Crippen LogP contribution in [-0.4, -0.2) is 61.6 Å². The number of hydrogen-bond acceptors (Lipinski definition) is 9. The summed E-state index contributed by atoms with van der Waals surface area (Å²) in [7, 11) is 0. The molecule has 2 unspecified atom stereocenters. The van der Waals surface area contributed by atoms with Gasteiger partial charge >= 0.3 is 0 Å². The van der Waals surface area contributed by atoms with Gasteiger partial charge in [0.2, 0.25) is 5.95 Å². The number of hydrogen-bond donors (Lipinski definition) is 5. The van der Waals surface area contributed by atoms with Crippen molar-refractivity contribution in [3.8, 4) is 0 Å². The molecule has 0 saturated carbocycles. The van der Waals surface area contributed by atoms with Crippen molar-refractivity contribution >= 4 is 29.7 Å². The van der Waals surface area contributed by atoms with Crippen molar-refractivity contribution < 1.29 is 14.9 Å². The normalized spacial score (nSPS) is 27.0. The van der Waals surface area contributed by atoms with E-state index in [2.05, 4.69) is 32.9 Å². The number of aliphatic hydroxyl groups is 2. The van der Waals surface area contributed by atoms with E-state index in [0.717, 1.165) is 6.42 Å². The number of imidazole rings is 1. The Kier molecular flexibility index (Phi) is 5.21. The van der Waals surface area contributed by atoms with E-state index in [4.69, 9.17) is 10.5 Å². The van der Waals surface area contributed by atoms with Crippen molar-refractivity contribution in [2.24, 2.45) is 11.7 Å². The first-order valence-electron chi connectivity index (χ1n) is 7.88. The van der Waals surface area contributed by atoms with Crippen LogP contribution >= 0.6 is 12.6 Å². The quantitative estimate of drug-likeness (QED) is 0.273. The number of ether oxygens (including phenoxy) is 1. The van der Waals surface area contributed by atoms with Gasteiger partial charge in [-0.3, -0.25) is 4.57 Å². The Balaban J connectivity index is 1.94.